The van der Waals surface area contributed by atoms with Crippen LogP contribution < -0.4 is 0 Å². The lowest BCUT2D eigenvalue weighted by atomic mass is 10.2. The van der Waals surface area contributed by atoms with Crippen molar-refractivity contribution in [2.75, 3.05) is 13.6 Å². The minimum Gasteiger partial charge on any atom is -0.393 e. The third-order valence-electron chi connectivity index (χ3n) is 2.08. The number of nitrogens with zero attached hydrogens (tertiary/aromatic N) is 1. The molecule has 0 aromatic carbocycles. The second-order valence-electron chi connectivity index (χ2n) is 3.60. The topological polar surface area (TPSA) is 40.5 Å². The Hall–Kier alpha value is 0.0900. The first-order valence-electron chi connectivity index (χ1n) is 4.80. The van der Waals surface area contributed by atoms with Crippen molar-refractivity contribution in [1.82, 2.24) is 4.90 Å². The molecule has 90 valence electrons. The van der Waals surface area contributed by atoms with Crippen LogP contribution in [0.15, 0.2) is 14.3 Å². The van der Waals surface area contributed by atoms with Crippen LogP contribution in [0.2, 0.25) is 0 Å². The van der Waals surface area contributed by atoms with E-state index in [0.29, 0.717) is 17.8 Å². The highest BCUT2D eigenvalue weighted by atomic mass is 79.9. The molecular formula is C10H13Br2NO2S. The SMILES string of the molecule is CC(O)CCN(C)C(=O)c1cc(Br)c(Br)s1. The van der Waals surface area contributed by atoms with Crippen molar-refractivity contribution in [3.63, 3.8) is 0 Å². The second-order valence-corrected chi connectivity index (χ2v) is 6.82. The van der Waals surface area contributed by atoms with Gasteiger partial charge in [0.15, 0.2) is 0 Å². The van der Waals surface area contributed by atoms with Gasteiger partial charge in [-0.15, -0.1) is 11.3 Å². The normalized spacial score (nSPS) is 12.6. The van der Waals surface area contributed by atoms with Crippen molar-refractivity contribution in [1.29, 1.82) is 0 Å². The van der Waals surface area contributed by atoms with Crippen molar-refractivity contribution in [3.05, 3.63) is 19.2 Å². The summed E-state index contributed by atoms with van der Waals surface area (Å²) < 4.78 is 1.81. The number of hydrogen-bond acceptors (Lipinski definition) is 3. The quantitative estimate of drug-likeness (QED) is 0.884. The van der Waals surface area contributed by atoms with Gasteiger partial charge in [-0.25, -0.2) is 0 Å². The lowest BCUT2D eigenvalue weighted by Gasteiger charge is -2.16. The van der Waals surface area contributed by atoms with Crippen LogP contribution in [0.25, 0.3) is 0 Å². The largest absolute Gasteiger partial charge is 0.393 e. The fourth-order valence-electron chi connectivity index (χ4n) is 1.12. The van der Waals surface area contributed by atoms with Crippen LogP contribution in [0.3, 0.4) is 0 Å². The third-order valence-corrected chi connectivity index (χ3v) is 5.33. The number of thiophene rings is 1. The first-order valence-corrected chi connectivity index (χ1v) is 7.20. The Morgan fingerprint density at radius 2 is 2.25 bits per heavy atom. The molecule has 1 rings (SSSR count). The van der Waals surface area contributed by atoms with Crippen LogP contribution in [-0.2, 0) is 0 Å². The van der Waals surface area contributed by atoms with E-state index in [1.807, 2.05) is 0 Å². The van der Waals surface area contributed by atoms with Gasteiger partial charge < -0.3 is 10.0 Å². The van der Waals surface area contributed by atoms with E-state index in [0.717, 1.165) is 8.26 Å². The average molecular weight is 371 g/mol. The molecule has 0 spiro atoms. The highest BCUT2D eigenvalue weighted by Gasteiger charge is 2.16. The van der Waals surface area contributed by atoms with Gasteiger partial charge >= 0.3 is 0 Å². The summed E-state index contributed by atoms with van der Waals surface area (Å²) in [5.41, 5.74) is 0. The summed E-state index contributed by atoms with van der Waals surface area (Å²) >= 11 is 8.11. The summed E-state index contributed by atoms with van der Waals surface area (Å²) in [4.78, 5) is 14.2. The van der Waals surface area contributed by atoms with Gasteiger partial charge in [0.25, 0.3) is 5.91 Å². The number of carbonyl (C=O) groups is 1. The van der Waals surface area contributed by atoms with Crippen molar-refractivity contribution >= 4 is 49.1 Å². The molecule has 1 unspecified atom stereocenters. The van der Waals surface area contributed by atoms with Crippen molar-refractivity contribution < 1.29 is 9.90 Å². The Balaban J connectivity index is 2.63. The number of hydrogen-bond donors (Lipinski definition) is 1. The van der Waals surface area contributed by atoms with E-state index in [4.69, 9.17) is 5.11 Å². The lowest BCUT2D eigenvalue weighted by Crippen LogP contribution is -2.28. The van der Waals surface area contributed by atoms with Gasteiger partial charge in [-0.05, 0) is 51.3 Å². The van der Waals surface area contributed by atoms with E-state index in [2.05, 4.69) is 31.9 Å². The molecule has 1 heterocycles. The van der Waals surface area contributed by atoms with Gasteiger partial charge in [0.1, 0.15) is 0 Å². The average Bonchev–Trinajstić information content (AvgIpc) is 2.54. The predicted molar refractivity (Wildman–Crippen MR) is 73.0 cm³/mol. The van der Waals surface area contributed by atoms with Crippen molar-refractivity contribution in [2.24, 2.45) is 0 Å². The van der Waals surface area contributed by atoms with Crippen LogP contribution in [0, 0.1) is 0 Å². The van der Waals surface area contributed by atoms with Gasteiger partial charge in [-0.3, -0.25) is 4.79 Å². The Morgan fingerprint density at radius 1 is 1.62 bits per heavy atom. The van der Waals surface area contributed by atoms with E-state index < -0.39 is 0 Å². The maximum Gasteiger partial charge on any atom is 0.263 e. The van der Waals surface area contributed by atoms with E-state index in [-0.39, 0.29) is 12.0 Å². The standard InChI is InChI=1S/C10H13Br2NO2S/c1-6(14)3-4-13(2)10(15)8-5-7(11)9(12)16-8/h5-6,14H,3-4H2,1-2H3. The van der Waals surface area contributed by atoms with Crippen LogP contribution in [0.4, 0.5) is 0 Å². The maximum absolute atomic E-state index is 11.9. The zero-order chi connectivity index (χ0) is 12.3. The number of carbonyl (C=O) groups excluding carboxylic acids is 1. The molecule has 0 aliphatic carbocycles. The highest BCUT2D eigenvalue weighted by Crippen LogP contribution is 2.32. The number of aliphatic hydroxyl groups is 1. The number of amides is 1. The molecule has 1 atom stereocenters. The van der Waals surface area contributed by atoms with Crippen molar-refractivity contribution in [3.8, 4) is 0 Å². The molecule has 0 aliphatic rings. The van der Waals surface area contributed by atoms with Crippen molar-refractivity contribution in [2.45, 2.75) is 19.4 Å². The Morgan fingerprint density at radius 3 is 2.69 bits per heavy atom. The fourth-order valence-corrected chi connectivity index (χ4v) is 3.15. The molecular weight excluding hydrogens is 358 g/mol. The summed E-state index contributed by atoms with van der Waals surface area (Å²) in [7, 11) is 1.74. The molecule has 0 radical (unpaired) electrons. The van der Waals surface area contributed by atoms with E-state index >= 15 is 0 Å². The Bertz CT molecular complexity index is 359. The van der Waals surface area contributed by atoms with Crippen LogP contribution in [0.1, 0.15) is 23.0 Å². The predicted octanol–water partition coefficient (Wildman–Crippen LogP) is 3.12. The molecule has 1 aromatic rings. The monoisotopic (exact) mass is 369 g/mol. The minimum absolute atomic E-state index is 0.0166. The molecule has 0 aliphatic heterocycles. The maximum atomic E-state index is 11.9. The number of aliphatic hydroxyl groups excluding tert-OH is 1. The molecule has 0 fully saturated rings. The Labute approximate surface area is 116 Å². The zero-order valence-corrected chi connectivity index (χ0v) is 13.0. The van der Waals surface area contributed by atoms with E-state index in [9.17, 15) is 4.79 Å². The van der Waals surface area contributed by atoms with Crippen LogP contribution in [0.5, 0.6) is 0 Å². The minimum atomic E-state index is -0.378. The molecule has 0 bridgehead atoms. The highest BCUT2D eigenvalue weighted by molar-refractivity contribution is 9.13. The molecule has 16 heavy (non-hydrogen) atoms. The summed E-state index contributed by atoms with van der Waals surface area (Å²) in [6, 6.07) is 1.80. The molecule has 1 aromatic heterocycles. The van der Waals surface area contributed by atoms with Gasteiger partial charge in [0, 0.05) is 18.1 Å². The summed E-state index contributed by atoms with van der Waals surface area (Å²) in [5.74, 6) is -0.0166. The Kier molecular flexibility index (Phi) is 5.43. The smallest absolute Gasteiger partial charge is 0.263 e. The van der Waals surface area contributed by atoms with Gasteiger partial charge in [-0.1, -0.05) is 0 Å². The number of rotatable bonds is 4. The molecule has 1 N–H and O–H groups in total. The van der Waals surface area contributed by atoms with Crippen LogP contribution >= 0.6 is 43.2 Å². The first kappa shape index (κ1) is 14.2. The molecule has 0 saturated heterocycles. The van der Waals surface area contributed by atoms with E-state index in [1.165, 1.54) is 11.3 Å². The molecule has 1 amide bonds. The second kappa shape index (κ2) is 6.14. The van der Waals surface area contributed by atoms with Gasteiger partial charge in [-0.2, -0.15) is 0 Å². The third kappa shape index (κ3) is 3.84. The fraction of sp³-hybridized carbons (Fsp3) is 0.500. The molecule has 0 saturated carbocycles. The lowest BCUT2D eigenvalue weighted by molar-refractivity contribution is 0.0773. The molecule has 6 heteroatoms. The van der Waals surface area contributed by atoms with Gasteiger partial charge in [0.05, 0.1) is 14.8 Å². The number of halogens is 2. The molecule has 3 nitrogen and oxygen atoms in total. The van der Waals surface area contributed by atoms with E-state index in [1.54, 1.807) is 24.9 Å². The summed E-state index contributed by atoms with van der Waals surface area (Å²) in [5, 5.41) is 9.15. The summed E-state index contributed by atoms with van der Waals surface area (Å²) in [6.07, 6.45) is 0.215. The van der Waals surface area contributed by atoms with Crippen LogP contribution in [-0.4, -0.2) is 35.6 Å². The van der Waals surface area contributed by atoms with Gasteiger partial charge in [0.2, 0.25) is 0 Å². The summed E-state index contributed by atoms with van der Waals surface area (Å²) in [6.45, 7) is 2.28. The first-order chi connectivity index (χ1) is 7.41. The zero-order valence-electron chi connectivity index (χ0n) is 9.04.